The normalized spacial score (nSPS) is 15.3. The van der Waals surface area contributed by atoms with E-state index in [0.717, 1.165) is 0 Å². The summed E-state index contributed by atoms with van der Waals surface area (Å²) in [6, 6.07) is 0. The molecule has 6 N–H and O–H groups in total. The molecule has 3 atom stereocenters. The molecule has 0 spiro atoms. The Morgan fingerprint density at radius 3 is 1.32 bits per heavy atom. The van der Waals surface area contributed by atoms with Crippen molar-refractivity contribution in [2.75, 3.05) is 72.7 Å². The molecule has 0 rings (SSSR count). The molecular weight excluding hydrogens is 915 g/mol. The Kier molecular flexibility index (Phi) is 30.4. The molecule has 0 saturated carbocycles. The molecule has 18 heteroatoms. The molecule has 0 aliphatic carbocycles. The van der Waals surface area contributed by atoms with Crippen molar-refractivity contribution < 1.29 is 62.2 Å². The second-order valence-corrected chi connectivity index (χ2v) is 23.5. The number of hydrogen-bond acceptors (Lipinski definition) is 13. The van der Waals surface area contributed by atoms with Crippen LogP contribution in [0.3, 0.4) is 0 Å². The van der Waals surface area contributed by atoms with Crippen molar-refractivity contribution in [3.05, 3.63) is 0 Å². The number of aliphatic hydroxyl groups excluding tert-OH is 1. The first kappa shape index (κ1) is 68.0. The summed E-state index contributed by atoms with van der Waals surface area (Å²) in [5.74, 6) is -1.29. The summed E-state index contributed by atoms with van der Waals surface area (Å²) in [6.07, 6.45) is 3.08. The van der Waals surface area contributed by atoms with Gasteiger partial charge in [-0.3, -0.25) is 24.0 Å². The summed E-state index contributed by atoms with van der Waals surface area (Å²) in [4.78, 5) is 66.5. The summed E-state index contributed by atoms with van der Waals surface area (Å²) in [5, 5.41) is 24.9. The minimum absolute atomic E-state index is 0.000328. The predicted octanol–water partition coefficient (Wildman–Crippen LogP) is 6.21. The van der Waals surface area contributed by atoms with Gasteiger partial charge in [0.25, 0.3) is 0 Å². The van der Waals surface area contributed by atoms with Crippen LogP contribution < -0.4 is 26.6 Å². The fourth-order valence-electron chi connectivity index (χ4n) is 7.19. The van der Waals surface area contributed by atoms with E-state index in [0.29, 0.717) is 51.9 Å². The fourth-order valence-corrected chi connectivity index (χ4v) is 7.19. The molecule has 0 bridgehead atoms. The molecule has 0 aromatic carbocycles. The van der Waals surface area contributed by atoms with Crippen LogP contribution in [-0.4, -0.2) is 158 Å². The van der Waals surface area contributed by atoms with Crippen LogP contribution in [0.1, 0.15) is 189 Å². The van der Waals surface area contributed by atoms with Crippen molar-refractivity contribution in [3.63, 3.8) is 0 Å². The molecule has 0 aromatic rings. The molecule has 0 saturated heterocycles. The largest absolute Gasteiger partial charge is 0.394 e. The van der Waals surface area contributed by atoms with Crippen molar-refractivity contribution in [2.45, 2.75) is 239 Å². The van der Waals surface area contributed by atoms with E-state index in [4.69, 9.17) is 33.2 Å². The minimum atomic E-state index is -1.35. The Labute approximate surface area is 429 Å². The van der Waals surface area contributed by atoms with Gasteiger partial charge in [-0.05, 0) is 143 Å². The Morgan fingerprint density at radius 1 is 0.479 bits per heavy atom. The van der Waals surface area contributed by atoms with Crippen LogP contribution in [0, 0.1) is 0 Å². The first-order chi connectivity index (χ1) is 32.6. The first-order valence-corrected chi connectivity index (χ1v) is 26.0. The average molecular weight is 1020 g/mol. The quantitative estimate of drug-likeness (QED) is 0.0376. The van der Waals surface area contributed by atoms with E-state index in [1.165, 1.54) is 0 Å². The predicted molar refractivity (Wildman–Crippen MR) is 278 cm³/mol. The number of amides is 5. The van der Waals surface area contributed by atoms with Gasteiger partial charge in [-0.15, -0.1) is 0 Å². The van der Waals surface area contributed by atoms with Crippen LogP contribution in [-0.2, 0) is 57.1 Å². The molecule has 71 heavy (non-hydrogen) atoms. The highest BCUT2D eigenvalue weighted by Crippen LogP contribution is 2.25. The molecule has 418 valence electrons. The van der Waals surface area contributed by atoms with E-state index >= 15 is 0 Å². The summed E-state index contributed by atoms with van der Waals surface area (Å²) < 4.78 is 42.3. The molecule has 0 fully saturated rings. The number of ether oxygens (including phenoxy) is 7. The first-order valence-electron chi connectivity index (χ1n) is 26.0. The Morgan fingerprint density at radius 2 is 0.915 bits per heavy atom. The van der Waals surface area contributed by atoms with Crippen molar-refractivity contribution in [1.82, 2.24) is 26.6 Å². The van der Waals surface area contributed by atoms with Gasteiger partial charge in [0.1, 0.15) is 5.54 Å². The number of carbonyl (C=O) groups excluding carboxylic acids is 5. The molecule has 0 aromatic heterocycles. The van der Waals surface area contributed by atoms with Crippen LogP contribution in [0.5, 0.6) is 0 Å². The molecule has 0 radical (unpaired) electrons. The molecular formula is C53H103N5O13. The van der Waals surface area contributed by atoms with Gasteiger partial charge in [-0.25, -0.2) is 0 Å². The van der Waals surface area contributed by atoms with Crippen LogP contribution in [0.2, 0.25) is 0 Å². The maximum atomic E-state index is 14.3. The van der Waals surface area contributed by atoms with Gasteiger partial charge >= 0.3 is 0 Å². The van der Waals surface area contributed by atoms with Crippen molar-refractivity contribution in [3.8, 4) is 0 Å². The number of nitrogens with one attached hydrogen (secondary N) is 5. The standard InChI is InChI=1S/C53H103N5O13/c1-19-51(17,57-44(63)34-50(15,16)69-21-3)27-33-71-52(18,20-2)35-45(64)58-53(39-67-30-24-43(62)56-49(13,14)36-59,37-65-28-22-41(60)54-47(9,10)25-31-68-40(4)5)38-66-29-23-42(61)55-48(11,12)26-32-70-46(6,7)8/h40,59H,19-39H2,1-18H3,(H,54,60)(H,55,61)(H,56,62)(H,57,63)(H,58,64). The second kappa shape index (κ2) is 31.7. The molecule has 0 aliphatic rings. The molecule has 3 unspecified atom stereocenters. The second-order valence-electron chi connectivity index (χ2n) is 23.5. The van der Waals surface area contributed by atoms with E-state index in [1.54, 1.807) is 13.8 Å². The van der Waals surface area contributed by atoms with Gasteiger partial charge in [-0.1, -0.05) is 13.8 Å². The molecule has 5 amide bonds. The fraction of sp³-hybridized carbons (Fsp3) is 0.906. The SMILES string of the molecule is CCOC(C)(C)CC(=O)NC(C)(CC)CCOC(C)(CC)CC(=O)NC(COCCC(=O)NC(C)(C)CO)(COCCC(=O)NC(C)(C)CCOC(C)C)COCCC(=O)NC(C)(C)CCOC(C)(C)C. The lowest BCUT2D eigenvalue weighted by Gasteiger charge is -2.37. The number of carbonyl (C=O) groups is 5. The van der Waals surface area contributed by atoms with Crippen LogP contribution in [0.4, 0.5) is 0 Å². The van der Waals surface area contributed by atoms with Gasteiger partial charge in [0.05, 0.1) is 87.5 Å². The van der Waals surface area contributed by atoms with E-state index in [1.807, 2.05) is 111 Å². The molecule has 0 aliphatic heterocycles. The highest BCUT2D eigenvalue weighted by molar-refractivity contribution is 5.79. The molecule has 0 heterocycles. The smallest absolute Gasteiger partial charge is 0.223 e. The van der Waals surface area contributed by atoms with Gasteiger partial charge in [0, 0.05) is 62.3 Å². The third kappa shape index (κ3) is 33.5. The van der Waals surface area contributed by atoms with E-state index in [9.17, 15) is 29.1 Å². The van der Waals surface area contributed by atoms with Gasteiger partial charge in [0.2, 0.25) is 29.5 Å². The number of hydrogen-bond donors (Lipinski definition) is 6. The lowest BCUT2D eigenvalue weighted by Crippen LogP contribution is -2.59. The topological polar surface area (TPSA) is 230 Å². The van der Waals surface area contributed by atoms with Crippen LogP contribution in [0.15, 0.2) is 0 Å². The van der Waals surface area contributed by atoms with Crippen LogP contribution >= 0.6 is 0 Å². The zero-order chi connectivity index (χ0) is 54.8. The minimum Gasteiger partial charge on any atom is -0.394 e. The van der Waals surface area contributed by atoms with E-state index in [-0.39, 0.29) is 120 Å². The zero-order valence-electron chi connectivity index (χ0n) is 47.8. The highest BCUT2D eigenvalue weighted by atomic mass is 16.5. The summed E-state index contributed by atoms with van der Waals surface area (Å²) in [6.45, 7) is 35.4. The average Bonchev–Trinajstić information content (AvgIpc) is 3.21. The van der Waals surface area contributed by atoms with Crippen molar-refractivity contribution in [1.29, 1.82) is 0 Å². The Bertz CT molecular complexity index is 1580. The molecule has 18 nitrogen and oxygen atoms in total. The summed E-state index contributed by atoms with van der Waals surface area (Å²) in [5.41, 5.74) is -5.64. The van der Waals surface area contributed by atoms with E-state index in [2.05, 4.69) is 26.6 Å². The van der Waals surface area contributed by atoms with Crippen molar-refractivity contribution in [2.24, 2.45) is 0 Å². The van der Waals surface area contributed by atoms with Gasteiger partial charge in [0.15, 0.2) is 0 Å². The lowest BCUT2D eigenvalue weighted by molar-refractivity contribution is -0.137. The number of aliphatic hydroxyl groups is 1. The Hall–Kier alpha value is -2.97. The monoisotopic (exact) mass is 1020 g/mol. The van der Waals surface area contributed by atoms with Gasteiger partial charge in [-0.2, -0.15) is 0 Å². The highest BCUT2D eigenvalue weighted by Gasteiger charge is 2.38. The lowest BCUT2D eigenvalue weighted by atomic mass is 9.92. The van der Waals surface area contributed by atoms with Crippen molar-refractivity contribution >= 4 is 29.5 Å². The Balaban J connectivity index is 6.46. The van der Waals surface area contributed by atoms with E-state index < -0.39 is 44.8 Å². The third-order valence-electron chi connectivity index (χ3n) is 12.0. The maximum Gasteiger partial charge on any atom is 0.223 e. The summed E-state index contributed by atoms with van der Waals surface area (Å²) in [7, 11) is 0. The number of rotatable bonds is 40. The van der Waals surface area contributed by atoms with Gasteiger partial charge < -0.3 is 64.8 Å². The summed E-state index contributed by atoms with van der Waals surface area (Å²) >= 11 is 0. The zero-order valence-corrected chi connectivity index (χ0v) is 47.8. The maximum absolute atomic E-state index is 14.3. The van der Waals surface area contributed by atoms with Crippen LogP contribution in [0.25, 0.3) is 0 Å². The third-order valence-corrected chi connectivity index (χ3v) is 12.0.